The third kappa shape index (κ3) is 6.17. The summed E-state index contributed by atoms with van der Waals surface area (Å²) in [7, 11) is 1.68. The SMILES string of the molecule is CCCCN(CCC/C(N)=C(\C)c1c(O)c2ccccc2oc1=O)Cc1cccc(OC)c1. The Morgan fingerprint density at radius 2 is 1.88 bits per heavy atom. The number of methoxy groups -OCH3 is 1. The summed E-state index contributed by atoms with van der Waals surface area (Å²) in [6.45, 7) is 6.68. The molecule has 3 rings (SSSR count). The number of hydrogen-bond acceptors (Lipinski definition) is 6. The summed E-state index contributed by atoms with van der Waals surface area (Å²) in [6, 6.07) is 15.1. The Morgan fingerprint density at radius 3 is 2.64 bits per heavy atom. The number of benzene rings is 2. The molecule has 0 amide bonds. The minimum Gasteiger partial charge on any atom is -0.506 e. The summed E-state index contributed by atoms with van der Waals surface area (Å²) < 4.78 is 10.7. The molecule has 176 valence electrons. The van der Waals surface area contributed by atoms with Crippen LogP contribution in [0.15, 0.2) is 63.4 Å². The van der Waals surface area contributed by atoms with E-state index in [0.29, 0.717) is 28.7 Å². The van der Waals surface area contributed by atoms with Gasteiger partial charge in [0.05, 0.1) is 12.5 Å². The van der Waals surface area contributed by atoms with E-state index in [1.807, 2.05) is 12.1 Å². The quantitative estimate of drug-likeness (QED) is 0.386. The zero-order chi connectivity index (χ0) is 23.8. The molecule has 0 bridgehead atoms. The van der Waals surface area contributed by atoms with Gasteiger partial charge in [-0.15, -0.1) is 0 Å². The molecular weight excluding hydrogens is 416 g/mol. The van der Waals surface area contributed by atoms with E-state index in [4.69, 9.17) is 14.9 Å². The molecule has 0 spiro atoms. The maximum absolute atomic E-state index is 12.5. The van der Waals surface area contributed by atoms with Gasteiger partial charge in [-0.25, -0.2) is 4.79 Å². The molecule has 0 aliphatic rings. The van der Waals surface area contributed by atoms with Crippen LogP contribution in [0.1, 0.15) is 50.7 Å². The molecule has 0 radical (unpaired) electrons. The molecule has 0 unspecified atom stereocenters. The predicted octanol–water partition coefficient (Wildman–Crippen LogP) is 5.28. The second-order valence-electron chi connectivity index (χ2n) is 8.34. The Balaban J connectivity index is 1.71. The minimum atomic E-state index is -0.575. The number of hydrogen-bond donors (Lipinski definition) is 2. The van der Waals surface area contributed by atoms with Crippen molar-refractivity contribution in [2.75, 3.05) is 20.2 Å². The molecule has 0 saturated heterocycles. The van der Waals surface area contributed by atoms with Crippen LogP contribution in [0.2, 0.25) is 0 Å². The third-order valence-corrected chi connectivity index (χ3v) is 5.93. The van der Waals surface area contributed by atoms with Crippen LogP contribution >= 0.6 is 0 Å². The fourth-order valence-electron chi connectivity index (χ4n) is 3.99. The number of allylic oxidation sites excluding steroid dienone is 2. The van der Waals surface area contributed by atoms with E-state index in [-0.39, 0.29) is 11.3 Å². The number of nitrogens with two attached hydrogens (primary N) is 1. The van der Waals surface area contributed by atoms with Crippen molar-refractivity contribution in [2.45, 2.75) is 46.1 Å². The van der Waals surface area contributed by atoms with Gasteiger partial charge in [0.1, 0.15) is 22.6 Å². The van der Waals surface area contributed by atoms with Crippen LogP contribution < -0.4 is 16.1 Å². The van der Waals surface area contributed by atoms with Crippen molar-refractivity contribution in [1.82, 2.24) is 4.90 Å². The summed E-state index contributed by atoms with van der Waals surface area (Å²) in [4.78, 5) is 14.9. The number of ether oxygens (including phenoxy) is 1. The third-order valence-electron chi connectivity index (χ3n) is 5.93. The van der Waals surface area contributed by atoms with Crippen molar-refractivity contribution in [1.29, 1.82) is 0 Å². The van der Waals surface area contributed by atoms with Gasteiger partial charge in [-0.05, 0) is 74.7 Å². The molecule has 6 nitrogen and oxygen atoms in total. The van der Waals surface area contributed by atoms with Crippen molar-refractivity contribution < 1.29 is 14.3 Å². The van der Waals surface area contributed by atoms with Gasteiger partial charge in [0.25, 0.3) is 0 Å². The highest BCUT2D eigenvalue weighted by molar-refractivity contribution is 5.88. The molecule has 1 heterocycles. The maximum atomic E-state index is 12.5. The molecular formula is C27H34N2O4. The van der Waals surface area contributed by atoms with E-state index >= 15 is 0 Å². The first-order valence-electron chi connectivity index (χ1n) is 11.5. The molecule has 0 aliphatic carbocycles. The predicted molar refractivity (Wildman–Crippen MR) is 133 cm³/mol. The summed E-state index contributed by atoms with van der Waals surface area (Å²) in [5.41, 5.74) is 8.66. The average molecular weight is 451 g/mol. The lowest BCUT2D eigenvalue weighted by molar-refractivity contribution is 0.257. The number of unbranched alkanes of at least 4 members (excludes halogenated alkanes) is 1. The van der Waals surface area contributed by atoms with E-state index in [1.54, 1.807) is 38.3 Å². The lowest BCUT2D eigenvalue weighted by Crippen LogP contribution is -2.26. The van der Waals surface area contributed by atoms with Crippen molar-refractivity contribution in [2.24, 2.45) is 5.73 Å². The van der Waals surface area contributed by atoms with Crippen molar-refractivity contribution >= 4 is 16.5 Å². The minimum absolute atomic E-state index is 0.0788. The first-order chi connectivity index (χ1) is 15.9. The van der Waals surface area contributed by atoms with Gasteiger partial charge in [0, 0.05) is 12.2 Å². The van der Waals surface area contributed by atoms with Crippen molar-refractivity contribution in [3.8, 4) is 11.5 Å². The van der Waals surface area contributed by atoms with E-state index in [1.165, 1.54) is 5.56 Å². The number of aromatic hydroxyl groups is 1. The van der Waals surface area contributed by atoms with Crippen LogP contribution in [0.25, 0.3) is 16.5 Å². The molecule has 0 aliphatic heterocycles. The molecule has 0 atom stereocenters. The van der Waals surface area contributed by atoms with Gasteiger partial charge in [-0.3, -0.25) is 4.90 Å². The summed E-state index contributed by atoms with van der Waals surface area (Å²) in [5, 5.41) is 11.2. The Morgan fingerprint density at radius 1 is 1.12 bits per heavy atom. The molecule has 33 heavy (non-hydrogen) atoms. The maximum Gasteiger partial charge on any atom is 0.347 e. The van der Waals surface area contributed by atoms with Crippen LogP contribution in [0, 0.1) is 0 Å². The molecule has 0 fully saturated rings. The van der Waals surface area contributed by atoms with Gasteiger partial charge < -0.3 is 20.0 Å². The zero-order valence-corrected chi connectivity index (χ0v) is 19.8. The first-order valence-corrected chi connectivity index (χ1v) is 11.5. The number of para-hydroxylation sites is 1. The summed E-state index contributed by atoms with van der Waals surface area (Å²) >= 11 is 0. The Kier molecular flexibility index (Phi) is 8.55. The molecule has 1 aromatic heterocycles. The van der Waals surface area contributed by atoms with Gasteiger partial charge in [0.15, 0.2) is 0 Å². The van der Waals surface area contributed by atoms with E-state index < -0.39 is 5.63 Å². The van der Waals surface area contributed by atoms with Crippen LogP contribution in [0.5, 0.6) is 11.5 Å². The second kappa shape index (κ2) is 11.6. The smallest absolute Gasteiger partial charge is 0.347 e. The highest BCUT2D eigenvalue weighted by atomic mass is 16.5. The Labute approximate surface area is 195 Å². The highest BCUT2D eigenvalue weighted by Gasteiger charge is 2.17. The van der Waals surface area contributed by atoms with Gasteiger partial charge in [0.2, 0.25) is 0 Å². The standard InChI is InChI=1S/C27H34N2O4/c1-4-5-15-29(18-20-10-8-11-21(17-20)32-3)16-9-13-23(28)19(2)25-26(30)22-12-6-7-14-24(22)33-27(25)31/h6-8,10-12,14,17,30H,4-5,9,13,15-16,18,28H2,1-3H3/b23-19-. The van der Waals surface area contributed by atoms with Gasteiger partial charge >= 0.3 is 5.63 Å². The fraction of sp³-hybridized carbons (Fsp3) is 0.370. The van der Waals surface area contributed by atoms with Crippen LogP contribution in [0.3, 0.4) is 0 Å². The van der Waals surface area contributed by atoms with E-state index in [9.17, 15) is 9.90 Å². The second-order valence-corrected chi connectivity index (χ2v) is 8.34. The monoisotopic (exact) mass is 450 g/mol. The van der Waals surface area contributed by atoms with Crippen molar-refractivity contribution in [3.05, 3.63) is 75.8 Å². The molecule has 0 saturated carbocycles. The molecule has 3 N–H and O–H groups in total. The molecule has 3 aromatic rings. The number of fused-ring (bicyclic) bond motifs is 1. The molecule has 2 aromatic carbocycles. The Bertz CT molecular complexity index is 1170. The fourth-order valence-corrected chi connectivity index (χ4v) is 3.99. The first kappa shape index (κ1) is 24.4. The lowest BCUT2D eigenvalue weighted by Gasteiger charge is -2.22. The number of nitrogens with zero attached hydrogens (tertiary/aromatic N) is 1. The van der Waals surface area contributed by atoms with E-state index in [0.717, 1.165) is 44.6 Å². The van der Waals surface area contributed by atoms with Gasteiger partial charge in [-0.2, -0.15) is 0 Å². The van der Waals surface area contributed by atoms with E-state index in [2.05, 4.69) is 24.0 Å². The van der Waals surface area contributed by atoms with Crippen molar-refractivity contribution in [3.63, 3.8) is 0 Å². The largest absolute Gasteiger partial charge is 0.506 e. The lowest BCUT2D eigenvalue weighted by atomic mass is 10.0. The number of rotatable bonds is 11. The molecule has 6 heteroatoms. The Hall–Kier alpha value is -3.25. The summed E-state index contributed by atoms with van der Waals surface area (Å²) in [6.07, 6.45) is 3.72. The average Bonchev–Trinajstić information content (AvgIpc) is 2.82. The van der Waals surface area contributed by atoms with Crippen LogP contribution in [-0.2, 0) is 6.54 Å². The zero-order valence-electron chi connectivity index (χ0n) is 19.8. The van der Waals surface area contributed by atoms with Crippen LogP contribution in [0.4, 0.5) is 0 Å². The summed E-state index contributed by atoms with van der Waals surface area (Å²) in [5.74, 6) is 0.782. The van der Waals surface area contributed by atoms with Crippen LogP contribution in [-0.4, -0.2) is 30.2 Å². The normalized spacial score (nSPS) is 12.2. The highest BCUT2D eigenvalue weighted by Crippen LogP contribution is 2.31. The topological polar surface area (TPSA) is 88.9 Å². The van der Waals surface area contributed by atoms with Gasteiger partial charge in [-0.1, -0.05) is 37.6 Å².